The Bertz CT molecular complexity index is 1210. The molecule has 4 rings (SSSR count). The second-order valence-electron chi connectivity index (χ2n) is 19.3. The molecule has 0 saturated heterocycles. The molecule has 3 aliphatic carbocycles. The van der Waals surface area contributed by atoms with Crippen molar-refractivity contribution in [2.45, 2.75) is 188 Å². The van der Waals surface area contributed by atoms with Crippen LogP contribution in [0.2, 0.25) is 36.3 Å². The van der Waals surface area contributed by atoms with Gasteiger partial charge in [-0.1, -0.05) is 91.5 Å². The summed E-state index contributed by atoms with van der Waals surface area (Å²) in [4.78, 5) is 1.13. The number of aliphatic hydroxyl groups is 1. The standard InChI is InChI=1S/C41H72O3SSi2/c1-29-24-38(45-28-29)37(42)18-14-16-30(2)35-21-22-36-32(17-15-23-41(35,36)9)20-19-31-25-33(43-46(10,11)39(3,4)5)27-34(26-31)44-47(12,13)40(6,7)8/h19-20,24,28,30,33-37,42H,14-18,21-23,25-27H2,1-13H3/b32-20+/t30-,33-,34-,35-,36+,37?,41-/m1/s1. The van der Waals surface area contributed by atoms with Gasteiger partial charge in [0.25, 0.3) is 0 Å². The zero-order valence-corrected chi connectivity index (χ0v) is 35.5. The number of hydrogen-bond acceptors (Lipinski definition) is 4. The van der Waals surface area contributed by atoms with Gasteiger partial charge in [0.15, 0.2) is 16.6 Å². The second-order valence-corrected chi connectivity index (χ2v) is 29.7. The van der Waals surface area contributed by atoms with Gasteiger partial charge < -0.3 is 14.0 Å². The lowest BCUT2D eigenvalue weighted by atomic mass is 9.60. The van der Waals surface area contributed by atoms with E-state index < -0.39 is 16.6 Å². The number of hydrogen-bond donors (Lipinski definition) is 1. The lowest BCUT2D eigenvalue weighted by Crippen LogP contribution is -2.48. The Morgan fingerprint density at radius 2 is 1.55 bits per heavy atom. The van der Waals surface area contributed by atoms with E-state index in [1.165, 1.54) is 49.7 Å². The largest absolute Gasteiger partial charge is 0.414 e. The summed E-state index contributed by atoms with van der Waals surface area (Å²) < 4.78 is 14.2. The average Bonchev–Trinajstić information content (AvgIpc) is 3.53. The molecule has 1 heterocycles. The van der Waals surface area contributed by atoms with Crippen molar-refractivity contribution in [2.24, 2.45) is 23.2 Å². The van der Waals surface area contributed by atoms with E-state index in [0.29, 0.717) is 17.3 Å². The monoisotopic (exact) mass is 700 g/mol. The molecule has 0 spiro atoms. The first-order valence-corrected chi connectivity index (χ1v) is 25.8. The van der Waals surface area contributed by atoms with Crippen LogP contribution in [-0.2, 0) is 8.85 Å². The van der Waals surface area contributed by atoms with Gasteiger partial charge >= 0.3 is 0 Å². The molecule has 0 amide bonds. The molecule has 1 aromatic heterocycles. The van der Waals surface area contributed by atoms with Gasteiger partial charge in [-0.05, 0) is 141 Å². The summed E-state index contributed by atoms with van der Waals surface area (Å²) in [5.74, 6) is 2.20. The lowest BCUT2D eigenvalue weighted by Gasteiger charge is -2.45. The van der Waals surface area contributed by atoms with Gasteiger partial charge in [0.1, 0.15) is 0 Å². The molecule has 7 atom stereocenters. The predicted octanol–water partition coefficient (Wildman–Crippen LogP) is 12.9. The van der Waals surface area contributed by atoms with Crippen molar-refractivity contribution in [1.29, 1.82) is 0 Å². The summed E-state index contributed by atoms with van der Waals surface area (Å²) >= 11 is 1.71. The van der Waals surface area contributed by atoms with Gasteiger partial charge in [0.2, 0.25) is 0 Å². The van der Waals surface area contributed by atoms with Gasteiger partial charge in [-0.2, -0.15) is 0 Å². The molecule has 0 bridgehead atoms. The van der Waals surface area contributed by atoms with Gasteiger partial charge in [-0.3, -0.25) is 0 Å². The molecule has 1 unspecified atom stereocenters. The Hall–Kier alpha value is -0.506. The van der Waals surface area contributed by atoms with Gasteiger partial charge in [-0.25, -0.2) is 0 Å². The molecule has 3 saturated carbocycles. The Labute approximate surface area is 296 Å². The van der Waals surface area contributed by atoms with Crippen molar-refractivity contribution in [3.63, 3.8) is 0 Å². The Balaban J connectivity index is 1.46. The van der Waals surface area contributed by atoms with Crippen LogP contribution in [0.4, 0.5) is 0 Å². The van der Waals surface area contributed by atoms with E-state index in [2.05, 4.69) is 112 Å². The van der Waals surface area contributed by atoms with Gasteiger partial charge in [0, 0.05) is 4.88 Å². The summed E-state index contributed by atoms with van der Waals surface area (Å²) in [6.45, 7) is 31.0. The zero-order valence-electron chi connectivity index (χ0n) is 32.7. The third-order valence-electron chi connectivity index (χ3n) is 13.5. The quantitative estimate of drug-likeness (QED) is 0.234. The van der Waals surface area contributed by atoms with E-state index in [9.17, 15) is 5.11 Å². The van der Waals surface area contributed by atoms with Gasteiger partial charge in [0.05, 0.1) is 18.3 Å². The maximum absolute atomic E-state index is 10.8. The summed E-state index contributed by atoms with van der Waals surface area (Å²) in [5, 5.41) is 13.3. The van der Waals surface area contributed by atoms with Crippen molar-refractivity contribution in [2.75, 3.05) is 0 Å². The van der Waals surface area contributed by atoms with Gasteiger partial charge in [-0.15, -0.1) is 11.3 Å². The molecule has 0 radical (unpaired) electrons. The fraction of sp³-hybridized carbons (Fsp3) is 0.805. The highest BCUT2D eigenvalue weighted by molar-refractivity contribution is 7.10. The zero-order chi connectivity index (χ0) is 35.0. The van der Waals surface area contributed by atoms with Crippen molar-refractivity contribution < 1.29 is 14.0 Å². The SMILES string of the molecule is Cc1csc(C(O)CCC[C@@H](C)[C@H]2CC[C@H]3/C(=C/C=C4C[C@@H](O[Si](C)(C)C(C)(C)C)C[C@H](O[Si](C)(C)C(C)(C)C)C4)CCC[C@]23C)c1. The second kappa shape index (κ2) is 15.0. The molecule has 0 aliphatic heterocycles. The first-order chi connectivity index (χ1) is 21.6. The first kappa shape index (κ1) is 39.3. The van der Waals surface area contributed by atoms with Crippen LogP contribution in [0, 0.1) is 30.1 Å². The number of rotatable bonds is 11. The fourth-order valence-corrected chi connectivity index (χ4v) is 12.3. The molecular formula is C41H72O3SSi2. The molecule has 0 aromatic carbocycles. The van der Waals surface area contributed by atoms with Crippen molar-refractivity contribution >= 4 is 28.0 Å². The molecule has 1 N–H and O–H groups in total. The number of aryl methyl sites for hydroxylation is 1. The Kier molecular flexibility index (Phi) is 12.5. The number of thiophene rings is 1. The maximum Gasteiger partial charge on any atom is 0.192 e. The summed E-state index contributed by atoms with van der Waals surface area (Å²) in [6.07, 6.45) is 18.3. The van der Waals surface area contributed by atoms with E-state index in [1.54, 1.807) is 16.9 Å². The van der Waals surface area contributed by atoms with Crippen LogP contribution in [0.15, 0.2) is 34.7 Å². The van der Waals surface area contributed by atoms with Crippen LogP contribution in [0.1, 0.15) is 143 Å². The number of fused-ring (bicyclic) bond motifs is 1. The normalized spacial score (nSPS) is 30.0. The smallest absolute Gasteiger partial charge is 0.192 e. The van der Waals surface area contributed by atoms with E-state index >= 15 is 0 Å². The average molecular weight is 701 g/mol. The molecule has 1 aromatic rings. The minimum Gasteiger partial charge on any atom is -0.414 e. The Morgan fingerprint density at radius 3 is 2.09 bits per heavy atom. The van der Waals surface area contributed by atoms with E-state index in [-0.39, 0.29) is 28.4 Å². The first-order valence-electron chi connectivity index (χ1n) is 19.1. The number of aliphatic hydroxyl groups excluding tert-OH is 1. The molecule has 6 heteroatoms. The van der Waals surface area contributed by atoms with Crippen LogP contribution in [0.3, 0.4) is 0 Å². The van der Waals surface area contributed by atoms with E-state index in [1.807, 2.05) is 0 Å². The highest BCUT2D eigenvalue weighted by Crippen LogP contribution is 2.60. The highest BCUT2D eigenvalue weighted by Gasteiger charge is 2.50. The van der Waals surface area contributed by atoms with Crippen molar-refractivity contribution in [3.05, 3.63) is 45.2 Å². The molecule has 47 heavy (non-hydrogen) atoms. The topological polar surface area (TPSA) is 38.7 Å². The van der Waals surface area contributed by atoms with Crippen LogP contribution in [0.5, 0.6) is 0 Å². The van der Waals surface area contributed by atoms with Crippen LogP contribution in [-0.4, -0.2) is 33.9 Å². The third-order valence-corrected chi connectivity index (χ3v) is 23.7. The predicted molar refractivity (Wildman–Crippen MR) is 209 cm³/mol. The third kappa shape index (κ3) is 9.44. The molecular weight excluding hydrogens is 629 g/mol. The molecule has 3 nitrogen and oxygen atoms in total. The summed E-state index contributed by atoms with van der Waals surface area (Å²) in [6, 6.07) is 2.16. The van der Waals surface area contributed by atoms with Crippen LogP contribution >= 0.6 is 11.3 Å². The fourth-order valence-electron chi connectivity index (χ4n) is 8.67. The van der Waals surface area contributed by atoms with E-state index in [4.69, 9.17) is 8.85 Å². The number of allylic oxidation sites excluding steroid dienone is 3. The molecule has 3 aliphatic rings. The Morgan fingerprint density at radius 1 is 0.957 bits per heavy atom. The minimum absolute atomic E-state index is 0.206. The summed E-state index contributed by atoms with van der Waals surface area (Å²) in [7, 11) is -3.76. The molecule has 3 fully saturated rings. The van der Waals surface area contributed by atoms with Crippen LogP contribution in [0.25, 0.3) is 0 Å². The molecule has 268 valence electrons. The van der Waals surface area contributed by atoms with Crippen molar-refractivity contribution in [3.8, 4) is 0 Å². The lowest BCUT2D eigenvalue weighted by molar-refractivity contribution is 0.0725. The van der Waals surface area contributed by atoms with E-state index in [0.717, 1.165) is 42.9 Å². The maximum atomic E-state index is 10.8. The minimum atomic E-state index is -1.88. The summed E-state index contributed by atoms with van der Waals surface area (Å²) in [5.41, 5.74) is 4.91. The van der Waals surface area contributed by atoms with Crippen LogP contribution < -0.4 is 0 Å². The highest BCUT2D eigenvalue weighted by atomic mass is 32.1. The van der Waals surface area contributed by atoms with Crippen molar-refractivity contribution in [1.82, 2.24) is 0 Å².